The third-order valence-corrected chi connectivity index (χ3v) is 6.04. The van der Waals surface area contributed by atoms with Crippen LogP contribution in [-0.2, 0) is 16.2 Å². The number of quaternary nitrogens is 1. The second kappa shape index (κ2) is 5.92. The van der Waals surface area contributed by atoms with Crippen LogP contribution in [0.1, 0.15) is 25.8 Å². The monoisotopic (exact) mass is 364 g/mol. The predicted molar refractivity (Wildman–Crippen MR) is 109 cm³/mol. The number of benzene rings is 2. The molecule has 1 unspecified atom stereocenters. The van der Waals surface area contributed by atoms with E-state index in [1.165, 1.54) is 28.7 Å². The number of carbonyl (C=O) groups is 1. The Morgan fingerprint density at radius 2 is 1.85 bits per heavy atom. The molecule has 0 fully saturated rings. The van der Waals surface area contributed by atoms with Crippen LogP contribution in [0.5, 0.6) is 0 Å². The molecule has 27 heavy (non-hydrogen) atoms. The van der Waals surface area contributed by atoms with Crippen molar-refractivity contribution in [1.29, 1.82) is 0 Å². The Morgan fingerprint density at radius 1 is 1.15 bits per heavy atom. The summed E-state index contributed by atoms with van der Waals surface area (Å²) in [5.41, 5.74) is 4.00. The van der Waals surface area contributed by atoms with Crippen molar-refractivity contribution in [1.82, 2.24) is 4.57 Å². The fourth-order valence-corrected chi connectivity index (χ4v) is 4.58. The number of hydrogen-bond donors (Lipinski definition) is 0. The Bertz CT molecular complexity index is 1090. The van der Waals surface area contributed by atoms with Gasteiger partial charge in [0.05, 0.1) is 33.2 Å². The molecule has 1 atom stereocenters. The Kier molecular flexibility index (Phi) is 3.89. The smallest absolute Gasteiger partial charge is 0.331 e. The average molecular weight is 364 g/mol. The third-order valence-electron chi connectivity index (χ3n) is 6.04. The third kappa shape index (κ3) is 2.42. The maximum absolute atomic E-state index is 11.5. The zero-order valence-corrected chi connectivity index (χ0v) is 16.6. The van der Waals surface area contributed by atoms with E-state index in [2.05, 4.69) is 80.3 Å². The van der Waals surface area contributed by atoms with Gasteiger partial charge >= 0.3 is 5.97 Å². The van der Waals surface area contributed by atoms with Crippen LogP contribution in [0.25, 0.3) is 21.8 Å². The van der Waals surface area contributed by atoms with E-state index in [9.17, 15) is 4.79 Å². The lowest BCUT2D eigenvalue weighted by atomic mass is 9.80. The Hall–Kier alpha value is -2.66. The molecular formula is C22H26N3O2+. The molecule has 2 aromatic carbocycles. The summed E-state index contributed by atoms with van der Waals surface area (Å²) in [6, 6.07) is 14.9. The number of nitrogens with zero attached hydrogens (tertiary/aromatic N) is 3. The molecule has 0 N–H and O–H groups in total. The summed E-state index contributed by atoms with van der Waals surface area (Å²) in [5, 5.41) is 6.86. The Morgan fingerprint density at radius 3 is 2.52 bits per heavy atom. The minimum Gasteiger partial charge on any atom is -0.333 e. The number of aromatic nitrogens is 1. The van der Waals surface area contributed by atoms with Crippen molar-refractivity contribution in [2.24, 2.45) is 5.16 Å². The summed E-state index contributed by atoms with van der Waals surface area (Å²) < 4.78 is 3.10. The van der Waals surface area contributed by atoms with Crippen LogP contribution in [0.4, 0.5) is 0 Å². The van der Waals surface area contributed by atoms with Crippen molar-refractivity contribution in [2.75, 3.05) is 21.1 Å². The van der Waals surface area contributed by atoms with E-state index in [0.29, 0.717) is 4.48 Å². The Labute approximate surface area is 159 Å². The lowest BCUT2D eigenvalue weighted by Gasteiger charge is -2.48. The molecule has 5 nitrogen and oxygen atoms in total. The van der Waals surface area contributed by atoms with Crippen molar-refractivity contribution in [3.63, 3.8) is 0 Å². The zero-order chi connectivity index (χ0) is 19.4. The lowest BCUT2D eigenvalue weighted by molar-refractivity contribution is -0.912. The van der Waals surface area contributed by atoms with E-state index in [1.807, 2.05) is 0 Å². The molecule has 1 aromatic heterocycles. The van der Waals surface area contributed by atoms with Gasteiger partial charge in [-0.15, -0.1) is 0 Å². The van der Waals surface area contributed by atoms with Crippen LogP contribution >= 0.6 is 0 Å². The zero-order valence-electron chi connectivity index (χ0n) is 16.6. The first-order chi connectivity index (χ1) is 12.8. The highest BCUT2D eigenvalue weighted by molar-refractivity contribution is 6.21. The summed E-state index contributed by atoms with van der Waals surface area (Å²) in [5.74, 6) is -0.396. The molecule has 0 spiro atoms. The van der Waals surface area contributed by atoms with Crippen molar-refractivity contribution in [3.8, 4) is 0 Å². The van der Waals surface area contributed by atoms with E-state index >= 15 is 0 Å². The highest BCUT2D eigenvalue weighted by Gasteiger charge is 2.51. The molecule has 1 aliphatic rings. The van der Waals surface area contributed by atoms with Crippen LogP contribution in [0.2, 0.25) is 0 Å². The summed E-state index contributed by atoms with van der Waals surface area (Å²) >= 11 is 0. The van der Waals surface area contributed by atoms with Crippen molar-refractivity contribution in [3.05, 3.63) is 48.0 Å². The normalized spacial score (nSPS) is 21.1. The Balaban J connectivity index is 2.13. The molecule has 4 rings (SSSR count). The predicted octanol–water partition coefficient (Wildman–Crippen LogP) is 3.93. The van der Waals surface area contributed by atoms with Gasteiger partial charge in [-0.1, -0.05) is 48.5 Å². The molecule has 1 aliphatic heterocycles. The van der Waals surface area contributed by atoms with Crippen molar-refractivity contribution in [2.45, 2.75) is 32.4 Å². The molecule has 2 heterocycles. The van der Waals surface area contributed by atoms with Gasteiger partial charge in [0.15, 0.2) is 11.3 Å². The number of hydrogen-bond acceptors (Lipinski definition) is 3. The first kappa shape index (κ1) is 17.7. The minimum absolute atomic E-state index is 0.307. The van der Waals surface area contributed by atoms with Crippen LogP contribution in [0.15, 0.2) is 47.6 Å². The summed E-state index contributed by atoms with van der Waals surface area (Å²) in [7, 11) is 6.55. The molecule has 0 radical (unpaired) electrons. The van der Waals surface area contributed by atoms with Crippen LogP contribution in [-0.4, -0.2) is 47.4 Å². The van der Waals surface area contributed by atoms with Crippen molar-refractivity contribution >= 4 is 33.5 Å². The second-order valence-corrected chi connectivity index (χ2v) is 8.23. The van der Waals surface area contributed by atoms with Gasteiger partial charge < -0.3 is 13.9 Å². The van der Waals surface area contributed by atoms with Crippen LogP contribution < -0.4 is 0 Å². The van der Waals surface area contributed by atoms with Gasteiger partial charge in [0, 0.05) is 35.2 Å². The molecular weight excluding hydrogens is 338 g/mol. The highest BCUT2D eigenvalue weighted by Crippen LogP contribution is 2.42. The molecule has 0 aliphatic carbocycles. The van der Waals surface area contributed by atoms with E-state index in [0.717, 1.165) is 24.2 Å². The van der Waals surface area contributed by atoms with Crippen molar-refractivity contribution < 1.29 is 14.1 Å². The second-order valence-electron chi connectivity index (χ2n) is 8.23. The van der Waals surface area contributed by atoms with Gasteiger partial charge in [0.25, 0.3) is 0 Å². The first-order valence-corrected chi connectivity index (χ1v) is 9.38. The molecule has 0 saturated heterocycles. The van der Waals surface area contributed by atoms with Gasteiger partial charge in [-0.2, -0.15) is 0 Å². The molecule has 140 valence electrons. The van der Waals surface area contributed by atoms with E-state index in [4.69, 9.17) is 4.84 Å². The van der Waals surface area contributed by atoms with E-state index < -0.39 is 5.97 Å². The molecule has 3 aromatic rings. The highest BCUT2D eigenvalue weighted by atomic mass is 16.7. The fraction of sp³-hybridized carbons (Fsp3) is 0.364. The average Bonchev–Trinajstić information content (AvgIpc) is 2.95. The topological polar surface area (TPSA) is 43.6 Å². The number of oxime groups is 1. The van der Waals surface area contributed by atoms with Crippen LogP contribution in [0.3, 0.4) is 0 Å². The maximum Gasteiger partial charge on any atom is 0.331 e. The molecule has 0 amide bonds. The number of rotatable bonds is 3. The molecule has 0 bridgehead atoms. The fourth-order valence-electron chi connectivity index (χ4n) is 4.58. The quantitative estimate of drug-likeness (QED) is 0.401. The number of para-hydroxylation sites is 2. The van der Waals surface area contributed by atoms with Gasteiger partial charge in [-0.3, -0.25) is 0 Å². The SMILES string of the molecule is CCC1([N+](C)(C)C)Cn2c3ccccc3c3cccc(c32)/C1=N/OC(C)=O. The van der Waals surface area contributed by atoms with Gasteiger partial charge in [0.2, 0.25) is 0 Å². The lowest BCUT2D eigenvalue weighted by Crippen LogP contribution is -2.65. The number of carbonyl (C=O) groups excluding carboxylic acids is 1. The van der Waals surface area contributed by atoms with Gasteiger partial charge in [-0.25, -0.2) is 4.79 Å². The van der Waals surface area contributed by atoms with E-state index in [-0.39, 0.29) is 5.54 Å². The van der Waals surface area contributed by atoms with Gasteiger partial charge in [-0.05, 0) is 6.07 Å². The summed E-state index contributed by atoms with van der Waals surface area (Å²) in [6.45, 7) is 4.36. The molecule has 5 heteroatoms. The number of fused-ring (bicyclic) bond motifs is 3. The maximum atomic E-state index is 11.5. The van der Waals surface area contributed by atoms with E-state index in [1.54, 1.807) is 0 Å². The first-order valence-electron chi connectivity index (χ1n) is 9.38. The van der Waals surface area contributed by atoms with Gasteiger partial charge in [0.1, 0.15) is 0 Å². The minimum atomic E-state index is -0.396. The summed E-state index contributed by atoms with van der Waals surface area (Å²) in [4.78, 5) is 16.7. The van der Waals surface area contributed by atoms with Crippen LogP contribution in [0, 0.1) is 0 Å². The standard InChI is InChI=1S/C22H26N3O2/c1-6-22(25(3,4)5)14-24-19-13-8-7-10-16(19)17-11-9-12-18(20(17)24)21(22)23-27-15(2)26/h7-13H,6,14H2,1-5H3/q+1/b23-21-. The summed E-state index contributed by atoms with van der Waals surface area (Å²) in [6.07, 6.45) is 0.874. The number of likely N-dealkylation sites (N-methyl/N-ethyl adjacent to an activating group) is 1. The largest absolute Gasteiger partial charge is 0.333 e. The molecule has 0 saturated carbocycles.